The number of hydrogen-bond acceptors (Lipinski definition) is 7. The van der Waals surface area contributed by atoms with Gasteiger partial charge in [0.05, 0.1) is 19.3 Å². The Labute approximate surface area is 207 Å². The molecule has 2 aromatic heterocycles. The third kappa shape index (κ3) is 4.95. The smallest absolute Gasteiger partial charge is 0.350 e. The SMILES string of the molecule is COc1ccc(NC(=O)c2cc(F)c(-n3nc4n(c3=O)CCCC4)cc2OCC2CCCCC2)nn1. The van der Waals surface area contributed by atoms with Crippen molar-refractivity contribution in [2.75, 3.05) is 19.0 Å². The monoisotopic (exact) mass is 496 g/mol. The van der Waals surface area contributed by atoms with Gasteiger partial charge in [0.15, 0.2) is 5.82 Å². The molecular formula is C25H29FN6O4. The standard InChI is InChI=1S/C25H29FN6O4/c1-35-23-11-10-21(28-29-23)27-24(33)17-13-18(26)19(14-20(17)36-15-16-7-3-2-4-8-16)32-25(34)31-12-6-5-9-22(31)30-32/h10-11,13-14,16H,2-9,12,15H2,1H3,(H,27,28,33). The Morgan fingerprint density at radius 1 is 1.14 bits per heavy atom. The van der Waals surface area contributed by atoms with Gasteiger partial charge >= 0.3 is 5.69 Å². The second-order valence-corrected chi connectivity index (χ2v) is 9.25. The molecular weight excluding hydrogens is 467 g/mol. The van der Waals surface area contributed by atoms with Crippen molar-refractivity contribution < 1.29 is 18.7 Å². The first-order chi connectivity index (χ1) is 17.5. The van der Waals surface area contributed by atoms with Gasteiger partial charge in [-0.05, 0) is 43.7 Å². The molecule has 5 rings (SSSR count). The van der Waals surface area contributed by atoms with Crippen LogP contribution in [-0.2, 0) is 13.0 Å². The number of aromatic nitrogens is 5. The molecule has 3 heterocycles. The summed E-state index contributed by atoms with van der Waals surface area (Å²) >= 11 is 0. The van der Waals surface area contributed by atoms with E-state index in [4.69, 9.17) is 9.47 Å². The van der Waals surface area contributed by atoms with Gasteiger partial charge in [0.25, 0.3) is 5.91 Å². The average Bonchev–Trinajstić information content (AvgIpc) is 3.25. The molecule has 0 saturated heterocycles. The van der Waals surface area contributed by atoms with E-state index in [1.54, 1.807) is 10.6 Å². The van der Waals surface area contributed by atoms with Crippen LogP contribution in [0.2, 0.25) is 0 Å². The van der Waals surface area contributed by atoms with E-state index in [2.05, 4.69) is 20.6 Å². The van der Waals surface area contributed by atoms with Crippen LogP contribution in [0.15, 0.2) is 29.1 Å². The summed E-state index contributed by atoms with van der Waals surface area (Å²) in [6.45, 7) is 0.965. The number of benzene rings is 1. The van der Waals surface area contributed by atoms with Crippen molar-refractivity contribution >= 4 is 11.7 Å². The number of hydrogen-bond donors (Lipinski definition) is 1. The molecule has 1 aliphatic heterocycles. The Morgan fingerprint density at radius 3 is 2.69 bits per heavy atom. The van der Waals surface area contributed by atoms with Crippen molar-refractivity contribution in [3.63, 3.8) is 0 Å². The number of amides is 1. The van der Waals surface area contributed by atoms with Crippen LogP contribution in [0.25, 0.3) is 5.69 Å². The maximum absolute atomic E-state index is 15.4. The lowest BCUT2D eigenvalue weighted by molar-refractivity contribution is 0.102. The van der Waals surface area contributed by atoms with Crippen LogP contribution in [0.3, 0.4) is 0 Å². The van der Waals surface area contributed by atoms with Gasteiger partial charge in [0.2, 0.25) is 5.88 Å². The quantitative estimate of drug-likeness (QED) is 0.532. The number of anilines is 1. The molecule has 1 fully saturated rings. The van der Waals surface area contributed by atoms with Crippen LogP contribution in [0.1, 0.15) is 61.1 Å². The summed E-state index contributed by atoms with van der Waals surface area (Å²) in [5.41, 5.74) is -0.435. The highest BCUT2D eigenvalue weighted by Crippen LogP contribution is 2.29. The van der Waals surface area contributed by atoms with Crippen molar-refractivity contribution in [3.8, 4) is 17.3 Å². The lowest BCUT2D eigenvalue weighted by Gasteiger charge is -2.22. The summed E-state index contributed by atoms with van der Waals surface area (Å²) in [4.78, 5) is 26.1. The molecule has 1 aliphatic carbocycles. The minimum Gasteiger partial charge on any atom is -0.492 e. The first kappa shape index (κ1) is 24.0. The van der Waals surface area contributed by atoms with Crippen molar-refractivity contribution in [2.24, 2.45) is 5.92 Å². The lowest BCUT2D eigenvalue weighted by atomic mass is 9.90. The van der Waals surface area contributed by atoms with E-state index in [1.807, 2.05) is 0 Å². The van der Waals surface area contributed by atoms with E-state index in [0.717, 1.165) is 49.3 Å². The summed E-state index contributed by atoms with van der Waals surface area (Å²) in [6, 6.07) is 5.57. The maximum atomic E-state index is 15.4. The third-order valence-corrected chi connectivity index (χ3v) is 6.78. The topological polar surface area (TPSA) is 113 Å². The summed E-state index contributed by atoms with van der Waals surface area (Å²) in [6.07, 6.45) is 8.06. The molecule has 0 bridgehead atoms. The van der Waals surface area contributed by atoms with E-state index in [9.17, 15) is 9.59 Å². The predicted octanol–water partition coefficient (Wildman–Crippen LogP) is 3.52. The molecule has 11 heteroatoms. The molecule has 0 atom stereocenters. The van der Waals surface area contributed by atoms with Crippen molar-refractivity contribution in [1.82, 2.24) is 24.5 Å². The van der Waals surface area contributed by atoms with Crippen LogP contribution in [0, 0.1) is 11.7 Å². The first-order valence-electron chi connectivity index (χ1n) is 12.4. The molecule has 0 unspecified atom stereocenters. The van der Waals surface area contributed by atoms with Crippen molar-refractivity contribution in [3.05, 3.63) is 52.0 Å². The summed E-state index contributed by atoms with van der Waals surface area (Å²) in [7, 11) is 1.46. The van der Waals surface area contributed by atoms with E-state index in [1.165, 1.54) is 25.7 Å². The third-order valence-electron chi connectivity index (χ3n) is 6.78. The number of fused-ring (bicyclic) bond motifs is 1. The minimum absolute atomic E-state index is 0.00157. The Kier molecular flexibility index (Phi) is 6.97. The second-order valence-electron chi connectivity index (χ2n) is 9.25. The fourth-order valence-corrected chi connectivity index (χ4v) is 4.80. The number of carbonyl (C=O) groups excluding carboxylic acids is 1. The fourth-order valence-electron chi connectivity index (χ4n) is 4.80. The van der Waals surface area contributed by atoms with E-state index in [-0.39, 0.29) is 22.8 Å². The molecule has 1 aromatic carbocycles. The number of nitrogens with zero attached hydrogens (tertiary/aromatic N) is 5. The molecule has 1 N–H and O–H groups in total. The maximum Gasteiger partial charge on any atom is 0.350 e. The zero-order valence-corrected chi connectivity index (χ0v) is 20.2. The number of carbonyl (C=O) groups is 1. The van der Waals surface area contributed by atoms with E-state index < -0.39 is 17.4 Å². The van der Waals surface area contributed by atoms with Gasteiger partial charge in [0, 0.05) is 25.1 Å². The lowest BCUT2D eigenvalue weighted by Crippen LogP contribution is -2.27. The Morgan fingerprint density at radius 2 is 1.97 bits per heavy atom. The molecule has 10 nitrogen and oxygen atoms in total. The minimum atomic E-state index is -0.747. The normalized spacial score (nSPS) is 15.8. The molecule has 190 valence electrons. The van der Waals surface area contributed by atoms with Gasteiger partial charge in [-0.15, -0.1) is 15.3 Å². The van der Waals surface area contributed by atoms with E-state index in [0.29, 0.717) is 37.2 Å². The molecule has 0 spiro atoms. The van der Waals surface area contributed by atoms with Gasteiger partial charge in [-0.2, -0.15) is 4.68 Å². The van der Waals surface area contributed by atoms with E-state index >= 15 is 4.39 Å². The summed E-state index contributed by atoms with van der Waals surface area (Å²) in [5, 5.41) is 14.7. The van der Waals surface area contributed by atoms with Crippen molar-refractivity contribution in [1.29, 1.82) is 0 Å². The number of aryl methyl sites for hydroxylation is 1. The zero-order chi connectivity index (χ0) is 25.1. The van der Waals surface area contributed by atoms with Gasteiger partial charge in [-0.25, -0.2) is 9.18 Å². The van der Waals surface area contributed by atoms with Gasteiger partial charge < -0.3 is 14.8 Å². The highest BCUT2D eigenvalue weighted by Gasteiger charge is 2.24. The molecule has 36 heavy (non-hydrogen) atoms. The molecule has 0 radical (unpaired) electrons. The highest BCUT2D eigenvalue weighted by atomic mass is 19.1. The van der Waals surface area contributed by atoms with Gasteiger partial charge in [-0.3, -0.25) is 9.36 Å². The predicted molar refractivity (Wildman–Crippen MR) is 129 cm³/mol. The molecule has 1 amide bonds. The van der Waals surface area contributed by atoms with Crippen LogP contribution < -0.4 is 20.5 Å². The Balaban J connectivity index is 1.48. The zero-order valence-electron chi connectivity index (χ0n) is 20.2. The fraction of sp³-hybridized carbons (Fsp3) is 0.480. The molecule has 3 aromatic rings. The molecule has 2 aliphatic rings. The number of nitrogens with one attached hydrogen (secondary N) is 1. The second kappa shape index (κ2) is 10.5. The van der Waals surface area contributed by atoms with Crippen LogP contribution in [0.4, 0.5) is 10.2 Å². The number of methoxy groups -OCH3 is 1. The largest absolute Gasteiger partial charge is 0.492 e. The van der Waals surface area contributed by atoms with Gasteiger partial charge in [0.1, 0.15) is 23.1 Å². The van der Waals surface area contributed by atoms with Gasteiger partial charge in [-0.1, -0.05) is 19.3 Å². The first-order valence-corrected chi connectivity index (χ1v) is 12.4. The van der Waals surface area contributed by atoms with Crippen LogP contribution in [0.5, 0.6) is 11.6 Å². The van der Waals surface area contributed by atoms with Crippen LogP contribution in [-0.4, -0.2) is 44.2 Å². The molecule has 1 saturated carbocycles. The average molecular weight is 497 g/mol. The highest BCUT2D eigenvalue weighted by molar-refractivity contribution is 6.06. The number of rotatable bonds is 7. The number of ether oxygens (including phenoxy) is 2. The Bertz CT molecular complexity index is 1300. The van der Waals surface area contributed by atoms with Crippen LogP contribution >= 0.6 is 0 Å². The Hall–Kier alpha value is -3.76. The van der Waals surface area contributed by atoms with Crippen molar-refractivity contribution in [2.45, 2.75) is 57.9 Å². The summed E-state index contributed by atoms with van der Waals surface area (Å²) in [5.74, 6) is 0.315. The summed E-state index contributed by atoms with van der Waals surface area (Å²) < 4.78 is 29.1. The number of halogens is 1.